The maximum absolute atomic E-state index is 12.5. The summed E-state index contributed by atoms with van der Waals surface area (Å²) in [6, 6.07) is 13.9. The fraction of sp³-hybridized carbons (Fsp3) is 0.158. The van der Waals surface area contributed by atoms with E-state index < -0.39 is 21.5 Å². The van der Waals surface area contributed by atoms with Gasteiger partial charge in [-0.1, -0.05) is 18.2 Å². The van der Waals surface area contributed by atoms with Crippen molar-refractivity contribution in [3.8, 4) is 17.0 Å². The standard InChI is InChI=1S/C19H16N2O4S3/c1-25-12-6-8-13(9-7-12)28(23,24)11-17(22)20-19-21-18-14-4-2-3-5-15(14)26-10-16(18)27-19/h2-9H,10-11H2,1H3,(H,20,21,22). The fourth-order valence-corrected chi connectivity index (χ4v) is 6.09. The fourth-order valence-electron chi connectivity index (χ4n) is 2.84. The van der Waals surface area contributed by atoms with Gasteiger partial charge in [-0.05, 0) is 30.3 Å². The van der Waals surface area contributed by atoms with Crippen LogP contribution in [0, 0.1) is 0 Å². The quantitative estimate of drug-likeness (QED) is 0.659. The molecule has 0 spiro atoms. The monoisotopic (exact) mass is 432 g/mol. The number of thiazole rings is 1. The van der Waals surface area contributed by atoms with Crippen LogP contribution in [-0.4, -0.2) is 32.2 Å². The molecule has 3 aromatic rings. The smallest absolute Gasteiger partial charge is 0.241 e. The summed E-state index contributed by atoms with van der Waals surface area (Å²) in [5.41, 5.74) is 1.89. The number of anilines is 1. The zero-order valence-corrected chi connectivity index (χ0v) is 17.3. The van der Waals surface area contributed by atoms with Crippen LogP contribution in [0.5, 0.6) is 5.75 Å². The molecule has 1 amide bonds. The van der Waals surface area contributed by atoms with Gasteiger partial charge in [0.05, 0.1) is 17.7 Å². The first-order chi connectivity index (χ1) is 13.5. The highest BCUT2D eigenvalue weighted by Crippen LogP contribution is 2.44. The van der Waals surface area contributed by atoms with E-state index >= 15 is 0 Å². The van der Waals surface area contributed by atoms with Crippen molar-refractivity contribution in [1.29, 1.82) is 0 Å². The number of amides is 1. The normalized spacial score (nSPS) is 12.8. The van der Waals surface area contributed by atoms with Crippen LogP contribution in [0.2, 0.25) is 0 Å². The van der Waals surface area contributed by atoms with Crippen molar-refractivity contribution >= 4 is 44.0 Å². The van der Waals surface area contributed by atoms with Crippen LogP contribution in [0.15, 0.2) is 58.3 Å². The van der Waals surface area contributed by atoms with Crippen molar-refractivity contribution in [1.82, 2.24) is 4.98 Å². The number of fused-ring (bicyclic) bond motifs is 3. The average molecular weight is 433 g/mol. The maximum Gasteiger partial charge on any atom is 0.241 e. The molecule has 0 saturated heterocycles. The van der Waals surface area contributed by atoms with E-state index in [1.807, 2.05) is 24.3 Å². The van der Waals surface area contributed by atoms with Gasteiger partial charge < -0.3 is 10.1 Å². The summed E-state index contributed by atoms with van der Waals surface area (Å²) in [5.74, 6) is 0.0802. The molecule has 0 unspecified atom stereocenters. The van der Waals surface area contributed by atoms with Gasteiger partial charge in [0.2, 0.25) is 5.91 Å². The van der Waals surface area contributed by atoms with Gasteiger partial charge in [-0.15, -0.1) is 23.1 Å². The minimum atomic E-state index is -3.75. The molecule has 0 saturated carbocycles. The second-order valence-corrected chi connectivity index (χ2v) is 10.1. The second-order valence-electron chi connectivity index (χ2n) is 6.06. The van der Waals surface area contributed by atoms with Gasteiger partial charge in [0, 0.05) is 21.1 Å². The number of methoxy groups -OCH3 is 1. The Morgan fingerprint density at radius 1 is 1.18 bits per heavy atom. The predicted molar refractivity (Wildman–Crippen MR) is 111 cm³/mol. The van der Waals surface area contributed by atoms with Gasteiger partial charge in [-0.25, -0.2) is 13.4 Å². The zero-order chi connectivity index (χ0) is 19.7. The molecule has 1 aliphatic heterocycles. The Kier molecular flexibility index (Phi) is 5.13. The zero-order valence-electron chi connectivity index (χ0n) is 14.8. The number of sulfone groups is 1. The molecular formula is C19H16N2O4S3. The van der Waals surface area contributed by atoms with E-state index in [9.17, 15) is 13.2 Å². The van der Waals surface area contributed by atoms with Crippen molar-refractivity contribution in [2.45, 2.75) is 15.5 Å². The van der Waals surface area contributed by atoms with Crippen molar-refractivity contribution in [2.75, 3.05) is 18.2 Å². The molecule has 4 rings (SSSR count). The van der Waals surface area contributed by atoms with Gasteiger partial charge in [0.1, 0.15) is 11.5 Å². The van der Waals surface area contributed by atoms with E-state index in [4.69, 9.17) is 4.74 Å². The van der Waals surface area contributed by atoms with E-state index in [0.717, 1.165) is 26.8 Å². The molecule has 0 bridgehead atoms. The number of hydrogen-bond donors (Lipinski definition) is 1. The lowest BCUT2D eigenvalue weighted by Gasteiger charge is -2.13. The van der Waals surface area contributed by atoms with E-state index in [1.54, 1.807) is 23.9 Å². The lowest BCUT2D eigenvalue weighted by molar-refractivity contribution is -0.113. The van der Waals surface area contributed by atoms with Crippen molar-refractivity contribution in [3.05, 3.63) is 53.4 Å². The Morgan fingerprint density at radius 3 is 2.68 bits per heavy atom. The predicted octanol–water partition coefficient (Wildman–Crippen LogP) is 3.84. The number of carbonyl (C=O) groups excluding carboxylic acids is 1. The molecule has 144 valence electrons. The number of rotatable bonds is 5. The minimum absolute atomic E-state index is 0.0761. The molecule has 1 N–H and O–H groups in total. The number of ether oxygens (including phenoxy) is 1. The third-order valence-electron chi connectivity index (χ3n) is 4.18. The summed E-state index contributed by atoms with van der Waals surface area (Å²) < 4.78 is 30.0. The molecular weight excluding hydrogens is 416 g/mol. The number of thioether (sulfide) groups is 1. The highest BCUT2D eigenvalue weighted by Gasteiger charge is 2.24. The molecule has 0 radical (unpaired) electrons. The number of nitrogens with one attached hydrogen (secondary N) is 1. The molecule has 0 atom stereocenters. The summed E-state index contributed by atoms with van der Waals surface area (Å²) in [5, 5.41) is 3.05. The van der Waals surface area contributed by atoms with Crippen LogP contribution < -0.4 is 10.1 Å². The topological polar surface area (TPSA) is 85.4 Å². The second kappa shape index (κ2) is 7.57. The van der Waals surface area contributed by atoms with Crippen molar-refractivity contribution < 1.29 is 17.9 Å². The Labute approximate surface area is 170 Å². The molecule has 0 fully saturated rings. The lowest BCUT2D eigenvalue weighted by Crippen LogP contribution is -2.22. The largest absolute Gasteiger partial charge is 0.497 e. The average Bonchev–Trinajstić information content (AvgIpc) is 3.10. The van der Waals surface area contributed by atoms with Crippen molar-refractivity contribution in [3.63, 3.8) is 0 Å². The van der Waals surface area contributed by atoms with E-state index in [2.05, 4.69) is 10.3 Å². The van der Waals surface area contributed by atoms with Gasteiger partial charge in [0.25, 0.3) is 0 Å². The summed E-state index contributed by atoms with van der Waals surface area (Å²) in [6.45, 7) is 0. The highest BCUT2D eigenvalue weighted by molar-refractivity contribution is 7.98. The van der Waals surface area contributed by atoms with Crippen molar-refractivity contribution in [2.24, 2.45) is 0 Å². The lowest BCUT2D eigenvalue weighted by atomic mass is 10.1. The highest BCUT2D eigenvalue weighted by atomic mass is 32.2. The Bertz CT molecular complexity index is 1140. The molecule has 28 heavy (non-hydrogen) atoms. The molecule has 1 aromatic heterocycles. The van der Waals surface area contributed by atoms with Crippen LogP contribution in [0.4, 0.5) is 5.13 Å². The van der Waals surface area contributed by atoms with Crippen LogP contribution in [0.25, 0.3) is 11.3 Å². The van der Waals surface area contributed by atoms with Gasteiger partial charge in [-0.2, -0.15) is 0 Å². The minimum Gasteiger partial charge on any atom is -0.497 e. The summed E-state index contributed by atoms with van der Waals surface area (Å²) in [6.07, 6.45) is 0. The number of carbonyl (C=O) groups is 1. The first kappa shape index (κ1) is 19.0. The Balaban J connectivity index is 1.50. The van der Waals surface area contributed by atoms with E-state index in [-0.39, 0.29) is 4.90 Å². The van der Waals surface area contributed by atoms with Crippen LogP contribution in [0.3, 0.4) is 0 Å². The van der Waals surface area contributed by atoms with Gasteiger partial charge in [-0.3, -0.25) is 4.79 Å². The third kappa shape index (κ3) is 3.78. The molecule has 1 aliphatic rings. The summed E-state index contributed by atoms with van der Waals surface area (Å²) >= 11 is 3.10. The van der Waals surface area contributed by atoms with E-state index in [0.29, 0.717) is 10.9 Å². The van der Waals surface area contributed by atoms with Crippen LogP contribution >= 0.6 is 23.1 Å². The van der Waals surface area contributed by atoms with Crippen LogP contribution in [0.1, 0.15) is 4.88 Å². The van der Waals surface area contributed by atoms with Crippen LogP contribution in [-0.2, 0) is 20.4 Å². The number of hydrogen-bond acceptors (Lipinski definition) is 7. The first-order valence-corrected chi connectivity index (χ1v) is 11.8. The maximum atomic E-state index is 12.5. The number of benzene rings is 2. The summed E-state index contributed by atoms with van der Waals surface area (Å²) in [7, 11) is -2.25. The number of nitrogens with zero attached hydrogens (tertiary/aromatic N) is 1. The molecule has 9 heteroatoms. The van der Waals surface area contributed by atoms with Gasteiger partial charge >= 0.3 is 0 Å². The Morgan fingerprint density at radius 2 is 1.93 bits per heavy atom. The third-order valence-corrected chi connectivity index (χ3v) is 8.07. The summed E-state index contributed by atoms with van der Waals surface area (Å²) in [4.78, 5) is 19.1. The number of aromatic nitrogens is 1. The molecule has 6 nitrogen and oxygen atoms in total. The van der Waals surface area contributed by atoms with E-state index in [1.165, 1.54) is 30.6 Å². The first-order valence-electron chi connectivity index (χ1n) is 8.35. The molecule has 2 heterocycles. The van der Waals surface area contributed by atoms with Gasteiger partial charge in [0.15, 0.2) is 15.0 Å². The SMILES string of the molecule is COc1ccc(S(=O)(=O)CC(=O)Nc2nc3c(s2)CSc2ccccc2-3)cc1. The molecule has 0 aliphatic carbocycles. The molecule has 2 aromatic carbocycles. The Hall–Kier alpha value is -2.36.